The average molecular weight is 625 g/mol. The van der Waals surface area contributed by atoms with Gasteiger partial charge < -0.3 is 19.9 Å². The van der Waals surface area contributed by atoms with E-state index in [0.717, 1.165) is 48.5 Å². The Morgan fingerprint density at radius 3 is 2.50 bits per heavy atom. The molecule has 0 saturated carbocycles. The van der Waals surface area contributed by atoms with Crippen molar-refractivity contribution >= 4 is 29.0 Å². The second-order valence-corrected chi connectivity index (χ2v) is 12.9. The van der Waals surface area contributed by atoms with Crippen LogP contribution in [0.2, 0.25) is 0 Å². The van der Waals surface area contributed by atoms with Crippen LogP contribution >= 0.6 is 23.1 Å². The number of aliphatic hydroxyl groups is 1. The van der Waals surface area contributed by atoms with Gasteiger partial charge in [0.2, 0.25) is 0 Å². The minimum Gasteiger partial charge on any atom is -0.392 e. The fourth-order valence-electron chi connectivity index (χ4n) is 5.07. The third-order valence-electron chi connectivity index (χ3n) is 7.39. The van der Waals surface area contributed by atoms with E-state index in [1.807, 2.05) is 61.5 Å². The number of aliphatic hydroxyl groups excluding tert-OH is 1. The van der Waals surface area contributed by atoms with Gasteiger partial charge in [-0.3, -0.25) is 9.78 Å². The predicted octanol–water partition coefficient (Wildman–Crippen LogP) is 6.67. The molecule has 1 fully saturated rings. The molecule has 0 aliphatic carbocycles. The Labute approximate surface area is 264 Å². The summed E-state index contributed by atoms with van der Waals surface area (Å²) < 4.78 is 13.9. The van der Waals surface area contributed by atoms with Crippen LogP contribution < -0.4 is 5.32 Å². The summed E-state index contributed by atoms with van der Waals surface area (Å²) in [5, 5.41) is 21.8. The van der Waals surface area contributed by atoms with Crippen LogP contribution in [0.1, 0.15) is 56.4 Å². The van der Waals surface area contributed by atoms with E-state index in [2.05, 4.69) is 38.7 Å². The molecule has 1 aliphatic rings. The first-order valence-electron chi connectivity index (χ1n) is 14.4. The molecule has 1 aliphatic heterocycles. The van der Waals surface area contributed by atoms with Crippen LogP contribution in [0.5, 0.6) is 0 Å². The molecule has 3 aromatic carbocycles. The Morgan fingerprint density at radius 2 is 1.77 bits per heavy atom. The lowest BCUT2D eigenvalue weighted by Gasteiger charge is -2.36. The summed E-state index contributed by atoms with van der Waals surface area (Å²) in [7, 11) is 0. The van der Waals surface area contributed by atoms with Crippen molar-refractivity contribution < 1.29 is 19.4 Å². The van der Waals surface area contributed by atoms with Crippen molar-refractivity contribution in [3.05, 3.63) is 130 Å². The number of carbonyl (C=O) groups is 1. The summed E-state index contributed by atoms with van der Waals surface area (Å²) in [5.74, 6) is 0.569. The van der Waals surface area contributed by atoms with E-state index in [-0.39, 0.29) is 24.7 Å². The van der Waals surface area contributed by atoms with Crippen LogP contribution in [0.15, 0.2) is 102 Å². The normalized spacial score (nSPS) is 18.2. The number of carbonyl (C=O) groups excluding carboxylic acids is 1. The van der Waals surface area contributed by atoms with Crippen LogP contribution in [0, 0.1) is 6.92 Å². The van der Waals surface area contributed by atoms with Crippen molar-refractivity contribution in [3.63, 3.8) is 0 Å². The Balaban J connectivity index is 1.18. The molecule has 44 heavy (non-hydrogen) atoms. The van der Waals surface area contributed by atoms with E-state index >= 15 is 0 Å². The van der Waals surface area contributed by atoms with Gasteiger partial charge in [-0.15, -0.1) is 10.2 Å². The molecule has 0 radical (unpaired) electrons. The number of nitrogens with zero attached hydrogens (tertiary/aromatic N) is 3. The number of amides is 1. The van der Waals surface area contributed by atoms with Gasteiger partial charge in [0.15, 0.2) is 10.6 Å². The minimum absolute atomic E-state index is 0.00439. The van der Waals surface area contributed by atoms with Gasteiger partial charge in [-0.05, 0) is 46.9 Å². The smallest absolute Gasteiger partial charge is 0.253 e. The number of hydrogen-bond acceptors (Lipinski definition) is 9. The molecule has 224 valence electrons. The van der Waals surface area contributed by atoms with Gasteiger partial charge in [-0.2, -0.15) is 0 Å². The standard InChI is InChI=1S/C34H32N4O4S2/c1-22-37-38-34(44-22)43-21-29-17-31(25-10-8-23(20-39)9-11-25)42-33(41-29)26-14-12-24(13-15-26)30-7-3-2-5-27(30)19-36-32(40)28-6-4-16-35-18-28/h2-16,18,29,31,33,39H,17,19-21H2,1H3,(H,36,40). The highest BCUT2D eigenvalue weighted by Crippen LogP contribution is 2.40. The summed E-state index contributed by atoms with van der Waals surface area (Å²) >= 11 is 3.24. The zero-order chi connectivity index (χ0) is 30.3. The number of thioether (sulfide) groups is 1. The largest absolute Gasteiger partial charge is 0.392 e. The van der Waals surface area contributed by atoms with Crippen LogP contribution in [-0.2, 0) is 22.6 Å². The average Bonchev–Trinajstić information content (AvgIpc) is 3.51. The first-order chi connectivity index (χ1) is 21.6. The molecule has 2 aromatic heterocycles. The van der Waals surface area contributed by atoms with Crippen molar-refractivity contribution in [1.29, 1.82) is 0 Å². The monoisotopic (exact) mass is 624 g/mol. The molecule has 0 bridgehead atoms. The Bertz CT molecular complexity index is 1680. The second kappa shape index (κ2) is 14.2. The van der Waals surface area contributed by atoms with Gasteiger partial charge in [-0.25, -0.2) is 0 Å². The van der Waals surface area contributed by atoms with Crippen LogP contribution in [-0.4, -0.2) is 38.1 Å². The zero-order valence-corrected chi connectivity index (χ0v) is 25.8. The van der Waals surface area contributed by atoms with Gasteiger partial charge in [0.25, 0.3) is 5.91 Å². The molecule has 5 aromatic rings. The predicted molar refractivity (Wildman–Crippen MR) is 171 cm³/mol. The molecule has 3 atom stereocenters. The number of hydrogen-bond donors (Lipinski definition) is 2. The van der Waals surface area contributed by atoms with Crippen molar-refractivity contribution in [2.24, 2.45) is 0 Å². The number of aryl methyl sites for hydroxylation is 1. The summed E-state index contributed by atoms with van der Waals surface area (Å²) in [6.07, 6.45) is 3.15. The van der Waals surface area contributed by atoms with Crippen LogP contribution in [0.4, 0.5) is 0 Å². The molecule has 1 amide bonds. The van der Waals surface area contributed by atoms with Crippen LogP contribution in [0.25, 0.3) is 11.1 Å². The second-order valence-electron chi connectivity index (χ2n) is 10.5. The SMILES string of the molecule is Cc1nnc(SCC2CC(c3ccc(CO)cc3)OC(c3ccc(-c4ccccc4CNC(=O)c4cccnc4)cc3)O2)s1. The molecule has 0 spiro atoms. The molecule has 8 nitrogen and oxygen atoms in total. The molecule has 6 rings (SSSR count). The number of ether oxygens (including phenoxy) is 2. The third-order valence-corrected chi connectivity index (χ3v) is 9.49. The lowest BCUT2D eigenvalue weighted by Crippen LogP contribution is -2.31. The fourth-order valence-corrected chi connectivity index (χ4v) is 6.93. The maximum atomic E-state index is 12.6. The maximum Gasteiger partial charge on any atom is 0.253 e. The Kier molecular flexibility index (Phi) is 9.74. The first-order valence-corrected chi connectivity index (χ1v) is 16.2. The molecule has 3 heterocycles. The van der Waals surface area contributed by atoms with Gasteiger partial charge >= 0.3 is 0 Å². The first kappa shape index (κ1) is 30.1. The lowest BCUT2D eigenvalue weighted by molar-refractivity contribution is -0.245. The molecular formula is C34H32N4O4S2. The van der Waals surface area contributed by atoms with Gasteiger partial charge in [0.1, 0.15) is 5.01 Å². The molecule has 1 saturated heterocycles. The van der Waals surface area contributed by atoms with E-state index in [1.165, 1.54) is 0 Å². The summed E-state index contributed by atoms with van der Waals surface area (Å²) in [5.41, 5.74) is 6.46. The molecule has 2 N–H and O–H groups in total. The van der Waals surface area contributed by atoms with E-state index in [4.69, 9.17) is 9.47 Å². The van der Waals surface area contributed by atoms with Gasteiger partial charge in [0.05, 0.1) is 24.4 Å². The third kappa shape index (κ3) is 7.40. The summed E-state index contributed by atoms with van der Waals surface area (Å²) in [4.78, 5) is 16.6. The maximum absolute atomic E-state index is 12.6. The number of pyridine rings is 1. The highest BCUT2D eigenvalue weighted by molar-refractivity contribution is 8.01. The lowest BCUT2D eigenvalue weighted by atomic mass is 9.97. The number of nitrogens with one attached hydrogen (secondary N) is 1. The highest BCUT2D eigenvalue weighted by atomic mass is 32.2. The minimum atomic E-state index is -0.545. The van der Waals surface area contributed by atoms with Crippen LogP contribution in [0.3, 0.4) is 0 Å². The highest BCUT2D eigenvalue weighted by Gasteiger charge is 2.32. The van der Waals surface area contributed by atoms with E-state index < -0.39 is 6.29 Å². The van der Waals surface area contributed by atoms with E-state index in [9.17, 15) is 9.90 Å². The quantitative estimate of drug-likeness (QED) is 0.166. The summed E-state index contributed by atoms with van der Waals surface area (Å²) in [6, 6.07) is 27.7. The number of benzene rings is 3. The molecule has 3 unspecified atom stereocenters. The van der Waals surface area contributed by atoms with Gasteiger partial charge in [0, 0.05) is 36.7 Å². The van der Waals surface area contributed by atoms with Crippen molar-refractivity contribution in [2.75, 3.05) is 5.75 Å². The fraction of sp³-hybridized carbons (Fsp3) is 0.235. The zero-order valence-electron chi connectivity index (χ0n) is 24.1. The Morgan fingerprint density at radius 1 is 0.977 bits per heavy atom. The van der Waals surface area contributed by atoms with Crippen molar-refractivity contribution in [3.8, 4) is 11.1 Å². The van der Waals surface area contributed by atoms with Crippen molar-refractivity contribution in [2.45, 2.75) is 49.3 Å². The molecule has 10 heteroatoms. The number of aromatic nitrogens is 3. The summed E-state index contributed by atoms with van der Waals surface area (Å²) in [6.45, 7) is 2.35. The van der Waals surface area contributed by atoms with Crippen molar-refractivity contribution in [1.82, 2.24) is 20.5 Å². The topological polar surface area (TPSA) is 106 Å². The number of rotatable bonds is 10. The molecular weight excluding hydrogens is 593 g/mol. The van der Waals surface area contributed by atoms with E-state index in [1.54, 1.807) is 47.6 Å². The van der Waals surface area contributed by atoms with E-state index in [0.29, 0.717) is 18.5 Å². The van der Waals surface area contributed by atoms with Gasteiger partial charge in [-0.1, -0.05) is 95.9 Å². The Hall–Kier alpha value is -3.93.